The van der Waals surface area contributed by atoms with Gasteiger partial charge in [-0.3, -0.25) is 4.79 Å². The molecule has 1 unspecified atom stereocenters. The molecule has 4 aromatic rings. The van der Waals surface area contributed by atoms with Crippen molar-refractivity contribution in [2.75, 3.05) is 0 Å². The third-order valence-corrected chi connectivity index (χ3v) is 5.44. The van der Waals surface area contributed by atoms with Crippen LogP contribution in [-0.4, -0.2) is 20.4 Å². The predicted molar refractivity (Wildman–Crippen MR) is 105 cm³/mol. The summed E-state index contributed by atoms with van der Waals surface area (Å²) >= 11 is 0. The highest BCUT2D eigenvalue weighted by Crippen LogP contribution is 2.34. The second-order valence-corrected chi connectivity index (χ2v) is 7.28. The summed E-state index contributed by atoms with van der Waals surface area (Å²) < 4.78 is 15.0. The fourth-order valence-electron chi connectivity index (χ4n) is 4.06. The van der Waals surface area contributed by atoms with Gasteiger partial charge in [-0.1, -0.05) is 42.5 Å². The largest absolute Gasteiger partial charge is 0.294 e. The Hall–Kier alpha value is -3.34. The van der Waals surface area contributed by atoms with E-state index >= 15 is 0 Å². The molecule has 0 bridgehead atoms. The van der Waals surface area contributed by atoms with Crippen molar-refractivity contribution in [2.45, 2.75) is 25.7 Å². The second kappa shape index (κ2) is 6.37. The summed E-state index contributed by atoms with van der Waals surface area (Å²) in [6.07, 6.45) is 2.86. The summed E-state index contributed by atoms with van der Waals surface area (Å²) in [5.74, 6) is -0.201. The summed E-state index contributed by atoms with van der Waals surface area (Å²) in [5, 5.41) is 4.58. The van der Waals surface area contributed by atoms with Gasteiger partial charge < -0.3 is 0 Å². The van der Waals surface area contributed by atoms with Crippen molar-refractivity contribution in [3.63, 3.8) is 0 Å². The van der Waals surface area contributed by atoms with Gasteiger partial charge >= 0.3 is 0 Å². The van der Waals surface area contributed by atoms with E-state index in [1.54, 1.807) is 22.8 Å². The molecule has 2 aromatic heterocycles. The Morgan fingerprint density at radius 1 is 1.04 bits per heavy atom. The predicted octanol–water partition coefficient (Wildman–Crippen LogP) is 4.76. The minimum absolute atomic E-state index is 0.0137. The SMILES string of the molecule is Cc1nn2cc3c(nc2c1-c1ccccc1)CC(c1ccc(F)cc1)CC3=O. The number of rotatable bonds is 2. The zero-order chi connectivity index (χ0) is 19.3. The molecule has 0 aliphatic heterocycles. The van der Waals surface area contributed by atoms with Crippen LogP contribution >= 0.6 is 0 Å². The van der Waals surface area contributed by atoms with Crippen LogP contribution in [0.25, 0.3) is 16.8 Å². The Morgan fingerprint density at radius 2 is 1.79 bits per heavy atom. The van der Waals surface area contributed by atoms with Crippen LogP contribution in [0.3, 0.4) is 0 Å². The second-order valence-electron chi connectivity index (χ2n) is 7.28. The van der Waals surface area contributed by atoms with Crippen LogP contribution in [0.15, 0.2) is 60.8 Å². The first-order valence-corrected chi connectivity index (χ1v) is 9.33. The number of fused-ring (bicyclic) bond motifs is 2. The minimum Gasteiger partial charge on any atom is -0.294 e. The van der Waals surface area contributed by atoms with Crippen LogP contribution in [-0.2, 0) is 6.42 Å². The number of hydrogen-bond donors (Lipinski definition) is 0. The number of benzene rings is 2. The van der Waals surface area contributed by atoms with Gasteiger partial charge in [-0.25, -0.2) is 13.9 Å². The zero-order valence-electron chi connectivity index (χ0n) is 15.4. The van der Waals surface area contributed by atoms with Crippen molar-refractivity contribution < 1.29 is 9.18 Å². The Kier molecular flexibility index (Phi) is 3.83. The van der Waals surface area contributed by atoms with E-state index in [9.17, 15) is 9.18 Å². The van der Waals surface area contributed by atoms with Gasteiger partial charge in [-0.15, -0.1) is 0 Å². The maximum atomic E-state index is 13.3. The van der Waals surface area contributed by atoms with Crippen LogP contribution in [0.4, 0.5) is 4.39 Å². The van der Waals surface area contributed by atoms with Crippen molar-refractivity contribution in [1.82, 2.24) is 14.6 Å². The first kappa shape index (κ1) is 16.8. The van der Waals surface area contributed by atoms with E-state index in [4.69, 9.17) is 4.98 Å². The van der Waals surface area contributed by atoms with Gasteiger partial charge in [0.1, 0.15) is 5.82 Å². The maximum Gasteiger partial charge on any atom is 0.166 e. The van der Waals surface area contributed by atoms with Crippen molar-refractivity contribution in [1.29, 1.82) is 0 Å². The molecular weight excluding hydrogens is 353 g/mol. The van der Waals surface area contributed by atoms with Gasteiger partial charge in [0.05, 0.1) is 17.0 Å². The molecule has 0 saturated heterocycles. The highest BCUT2D eigenvalue weighted by molar-refractivity contribution is 5.99. The molecule has 2 heterocycles. The third kappa shape index (κ3) is 2.71. The number of carbonyl (C=O) groups excluding carboxylic acids is 1. The standard InChI is InChI=1S/C23H18FN3O/c1-14-22(16-5-3-2-4-6-16)23-25-20-11-17(15-7-9-18(24)10-8-15)12-21(28)19(20)13-27(23)26-14/h2-10,13,17H,11-12H2,1H3. The maximum absolute atomic E-state index is 13.3. The number of hydrogen-bond acceptors (Lipinski definition) is 3. The number of ketones is 1. The molecule has 0 spiro atoms. The summed E-state index contributed by atoms with van der Waals surface area (Å²) in [6.45, 7) is 1.96. The molecule has 1 atom stereocenters. The van der Waals surface area contributed by atoms with E-state index < -0.39 is 0 Å². The Bertz CT molecular complexity index is 1200. The van der Waals surface area contributed by atoms with E-state index in [-0.39, 0.29) is 17.5 Å². The molecule has 5 rings (SSSR count). The fraction of sp³-hybridized carbons (Fsp3) is 0.174. The van der Waals surface area contributed by atoms with E-state index in [0.29, 0.717) is 18.4 Å². The lowest BCUT2D eigenvalue weighted by Gasteiger charge is -2.23. The van der Waals surface area contributed by atoms with E-state index in [1.165, 1.54) is 12.1 Å². The van der Waals surface area contributed by atoms with Crippen LogP contribution in [0.1, 0.15) is 39.6 Å². The Balaban J connectivity index is 1.63. The smallest absolute Gasteiger partial charge is 0.166 e. The molecule has 0 fully saturated rings. The molecule has 0 amide bonds. The Morgan fingerprint density at radius 3 is 2.54 bits per heavy atom. The normalized spacial score (nSPS) is 16.4. The van der Waals surface area contributed by atoms with E-state index in [0.717, 1.165) is 33.7 Å². The molecule has 5 heteroatoms. The summed E-state index contributed by atoms with van der Waals surface area (Å²) in [4.78, 5) is 17.6. The lowest BCUT2D eigenvalue weighted by Crippen LogP contribution is -2.21. The number of aryl methyl sites for hydroxylation is 1. The number of carbonyl (C=O) groups is 1. The van der Waals surface area contributed by atoms with Gasteiger partial charge in [0, 0.05) is 18.2 Å². The van der Waals surface area contributed by atoms with Gasteiger partial charge in [-0.2, -0.15) is 5.10 Å². The van der Waals surface area contributed by atoms with Crippen LogP contribution in [0.5, 0.6) is 0 Å². The quantitative estimate of drug-likeness (QED) is 0.511. The average Bonchev–Trinajstić information content (AvgIpc) is 3.02. The molecule has 0 saturated carbocycles. The summed E-state index contributed by atoms with van der Waals surface area (Å²) in [7, 11) is 0. The topological polar surface area (TPSA) is 47.3 Å². The van der Waals surface area contributed by atoms with Crippen LogP contribution < -0.4 is 0 Å². The number of Topliss-reactive ketones (excluding diaryl/α,β-unsaturated/α-hetero) is 1. The first-order valence-electron chi connectivity index (χ1n) is 9.33. The molecule has 0 N–H and O–H groups in total. The molecule has 1 aliphatic rings. The van der Waals surface area contributed by atoms with Crippen molar-refractivity contribution >= 4 is 11.4 Å². The Labute approximate surface area is 161 Å². The molecule has 28 heavy (non-hydrogen) atoms. The van der Waals surface area contributed by atoms with E-state index in [2.05, 4.69) is 5.10 Å². The summed E-state index contributed by atoms with van der Waals surface area (Å²) in [6, 6.07) is 16.4. The van der Waals surface area contributed by atoms with Gasteiger partial charge in [0.15, 0.2) is 11.4 Å². The fourth-order valence-corrected chi connectivity index (χ4v) is 4.06. The lowest BCUT2D eigenvalue weighted by atomic mass is 9.82. The number of aromatic nitrogens is 3. The monoisotopic (exact) mass is 371 g/mol. The number of halogens is 1. The molecule has 4 nitrogen and oxygen atoms in total. The van der Waals surface area contributed by atoms with Crippen molar-refractivity contribution in [2.24, 2.45) is 0 Å². The average molecular weight is 371 g/mol. The van der Waals surface area contributed by atoms with Gasteiger partial charge in [0.2, 0.25) is 0 Å². The van der Waals surface area contributed by atoms with E-state index in [1.807, 2.05) is 37.3 Å². The highest BCUT2D eigenvalue weighted by atomic mass is 19.1. The molecular formula is C23H18FN3O. The molecule has 138 valence electrons. The van der Waals surface area contributed by atoms with Crippen LogP contribution in [0.2, 0.25) is 0 Å². The summed E-state index contributed by atoms with van der Waals surface area (Å²) in [5.41, 5.74) is 6.07. The van der Waals surface area contributed by atoms with Crippen LogP contribution in [0, 0.1) is 12.7 Å². The minimum atomic E-state index is -0.270. The van der Waals surface area contributed by atoms with Gasteiger partial charge in [-0.05, 0) is 42.5 Å². The lowest BCUT2D eigenvalue weighted by molar-refractivity contribution is 0.0962. The molecule has 0 radical (unpaired) electrons. The van der Waals surface area contributed by atoms with Gasteiger partial charge in [0.25, 0.3) is 0 Å². The highest BCUT2D eigenvalue weighted by Gasteiger charge is 2.29. The first-order chi connectivity index (χ1) is 13.6. The number of nitrogens with zero attached hydrogens (tertiary/aromatic N) is 3. The molecule has 2 aromatic carbocycles. The van der Waals surface area contributed by atoms with Crippen molar-refractivity contribution in [3.05, 3.63) is 89.1 Å². The zero-order valence-corrected chi connectivity index (χ0v) is 15.4. The van der Waals surface area contributed by atoms with Crippen molar-refractivity contribution in [3.8, 4) is 11.1 Å². The third-order valence-electron chi connectivity index (χ3n) is 5.44. The molecule has 1 aliphatic carbocycles.